The van der Waals surface area contributed by atoms with Gasteiger partial charge in [-0.2, -0.15) is 0 Å². The van der Waals surface area contributed by atoms with Gasteiger partial charge >= 0.3 is 5.97 Å². The number of hydrogen-bond acceptors (Lipinski definition) is 4. The normalized spacial score (nSPS) is 12.2. The van der Waals surface area contributed by atoms with Gasteiger partial charge in [0.15, 0.2) is 0 Å². The first-order chi connectivity index (χ1) is 17.3. The maximum absolute atomic E-state index is 13.1. The molecule has 0 aliphatic carbocycles. The molecule has 36 heavy (non-hydrogen) atoms. The number of imidazole rings is 1. The molecule has 9 heteroatoms. The first-order valence-corrected chi connectivity index (χ1v) is 13.4. The maximum atomic E-state index is 13.1. The Labute approximate surface area is 223 Å². The van der Waals surface area contributed by atoms with Crippen LogP contribution in [-0.4, -0.2) is 32.6 Å². The number of nitrogens with one attached hydrogen (secondary N) is 1. The Hall–Kier alpha value is -2.87. The summed E-state index contributed by atoms with van der Waals surface area (Å²) < 4.78 is 2.28. The van der Waals surface area contributed by atoms with Crippen molar-refractivity contribution in [3.63, 3.8) is 0 Å². The van der Waals surface area contributed by atoms with E-state index in [0.29, 0.717) is 27.2 Å². The molecule has 2 aromatic heterocycles. The van der Waals surface area contributed by atoms with Crippen molar-refractivity contribution in [1.82, 2.24) is 14.9 Å². The third-order valence-electron chi connectivity index (χ3n) is 6.27. The molecule has 0 saturated carbocycles. The number of amides is 1. The number of carboxylic acid groups (broad SMARTS) is 1. The molecule has 1 amide bonds. The second-order valence-corrected chi connectivity index (χ2v) is 10.5. The van der Waals surface area contributed by atoms with E-state index in [-0.39, 0.29) is 6.42 Å². The molecule has 2 aromatic carbocycles. The van der Waals surface area contributed by atoms with Crippen LogP contribution >= 0.6 is 34.5 Å². The van der Waals surface area contributed by atoms with Crippen molar-refractivity contribution in [3.8, 4) is 0 Å². The van der Waals surface area contributed by atoms with E-state index in [0.717, 1.165) is 36.1 Å². The molecule has 0 fully saturated rings. The Morgan fingerprint density at radius 3 is 2.50 bits per heavy atom. The fourth-order valence-corrected chi connectivity index (χ4v) is 5.41. The van der Waals surface area contributed by atoms with Crippen molar-refractivity contribution in [2.75, 3.05) is 0 Å². The lowest BCUT2D eigenvalue weighted by atomic mass is 10.1. The zero-order valence-corrected chi connectivity index (χ0v) is 22.3. The lowest BCUT2D eigenvalue weighted by molar-refractivity contribution is -0.139. The summed E-state index contributed by atoms with van der Waals surface area (Å²) in [4.78, 5) is 31.1. The van der Waals surface area contributed by atoms with Crippen molar-refractivity contribution in [1.29, 1.82) is 0 Å². The van der Waals surface area contributed by atoms with Gasteiger partial charge in [0.05, 0.1) is 21.1 Å². The van der Waals surface area contributed by atoms with E-state index in [4.69, 9.17) is 28.2 Å². The molecule has 4 aromatic rings. The van der Waals surface area contributed by atoms with Crippen LogP contribution in [0.5, 0.6) is 0 Å². The third kappa shape index (κ3) is 5.75. The standard InChI is InChI=1S/C27H27Cl2N3O3S/c1-3-18(4-2)32-24-10-8-17(14-22(24)30-25(32)15-19-6-5-11-36-19)26(33)31-23(27(34)35)13-16-7-9-20(28)21(29)12-16/h5-12,14,18,23H,3-4,13,15H2,1-2H3,(H,31,33)(H,34,35)/t23-/m0/s1. The number of aliphatic carboxylic acids is 1. The van der Waals surface area contributed by atoms with Crippen LogP contribution in [0.1, 0.15) is 59.4 Å². The van der Waals surface area contributed by atoms with Crippen molar-refractivity contribution in [3.05, 3.63) is 85.8 Å². The molecule has 6 nitrogen and oxygen atoms in total. The van der Waals surface area contributed by atoms with E-state index in [9.17, 15) is 14.7 Å². The summed E-state index contributed by atoms with van der Waals surface area (Å²) in [5, 5.41) is 15.1. The molecular weight excluding hydrogens is 517 g/mol. The van der Waals surface area contributed by atoms with Gasteiger partial charge in [0.2, 0.25) is 0 Å². The fraction of sp³-hybridized carbons (Fsp3) is 0.296. The number of carbonyl (C=O) groups excluding carboxylic acids is 1. The van der Waals surface area contributed by atoms with Gasteiger partial charge in [0.25, 0.3) is 5.91 Å². The number of aromatic nitrogens is 2. The van der Waals surface area contributed by atoms with Crippen molar-refractivity contribution in [2.45, 2.75) is 51.6 Å². The second-order valence-electron chi connectivity index (χ2n) is 8.64. The van der Waals surface area contributed by atoms with Crippen molar-refractivity contribution >= 4 is 57.4 Å². The largest absolute Gasteiger partial charge is 0.480 e. The lowest BCUT2D eigenvalue weighted by Gasteiger charge is -2.19. The van der Waals surface area contributed by atoms with Crippen LogP contribution in [0.25, 0.3) is 11.0 Å². The van der Waals surface area contributed by atoms with Gasteiger partial charge in [-0.15, -0.1) is 11.3 Å². The summed E-state index contributed by atoms with van der Waals surface area (Å²) in [6, 6.07) is 13.6. The van der Waals surface area contributed by atoms with Gasteiger partial charge < -0.3 is 15.0 Å². The topological polar surface area (TPSA) is 84.2 Å². The number of nitrogens with zero attached hydrogens (tertiary/aromatic N) is 2. The van der Waals surface area contributed by atoms with Crippen LogP contribution in [0.3, 0.4) is 0 Å². The summed E-state index contributed by atoms with van der Waals surface area (Å²) in [6.45, 7) is 4.33. The average molecular weight is 545 g/mol. The SMILES string of the molecule is CCC(CC)n1c(Cc2cccs2)nc2cc(C(=O)N[C@@H](Cc3ccc(Cl)c(Cl)c3)C(=O)O)ccc21. The number of halogens is 2. The number of carbonyl (C=O) groups is 2. The minimum Gasteiger partial charge on any atom is -0.480 e. The molecule has 2 heterocycles. The number of thiophene rings is 1. The molecule has 0 unspecified atom stereocenters. The molecule has 0 bridgehead atoms. The van der Waals surface area contributed by atoms with Crippen LogP contribution in [0.2, 0.25) is 10.0 Å². The van der Waals surface area contributed by atoms with Crippen LogP contribution < -0.4 is 5.32 Å². The zero-order valence-electron chi connectivity index (χ0n) is 20.0. The summed E-state index contributed by atoms with van der Waals surface area (Å²) in [6.07, 6.45) is 2.73. The first kappa shape index (κ1) is 26.2. The van der Waals surface area contributed by atoms with Gasteiger partial charge in [-0.05, 0) is 60.2 Å². The lowest BCUT2D eigenvalue weighted by Crippen LogP contribution is -2.42. The van der Waals surface area contributed by atoms with Crippen molar-refractivity contribution < 1.29 is 14.7 Å². The third-order valence-corrected chi connectivity index (χ3v) is 7.89. The minimum absolute atomic E-state index is 0.0779. The number of hydrogen-bond donors (Lipinski definition) is 2. The highest BCUT2D eigenvalue weighted by Crippen LogP contribution is 2.29. The fourth-order valence-electron chi connectivity index (χ4n) is 4.39. The van der Waals surface area contributed by atoms with E-state index in [1.54, 1.807) is 41.7 Å². The van der Waals surface area contributed by atoms with E-state index < -0.39 is 17.9 Å². The average Bonchev–Trinajstić information content (AvgIpc) is 3.49. The summed E-state index contributed by atoms with van der Waals surface area (Å²) >= 11 is 13.7. The number of rotatable bonds is 10. The molecule has 0 radical (unpaired) electrons. The molecule has 0 aliphatic heterocycles. The van der Waals surface area contributed by atoms with Gasteiger partial charge in [0.1, 0.15) is 11.9 Å². The van der Waals surface area contributed by atoms with E-state index in [2.05, 4.69) is 35.2 Å². The summed E-state index contributed by atoms with van der Waals surface area (Å²) in [7, 11) is 0. The highest BCUT2D eigenvalue weighted by atomic mass is 35.5. The quantitative estimate of drug-likeness (QED) is 0.231. The van der Waals surface area contributed by atoms with Gasteiger partial charge in [-0.25, -0.2) is 9.78 Å². The Balaban J connectivity index is 1.61. The Bertz CT molecular complexity index is 1380. The highest BCUT2D eigenvalue weighted by Gasteiger charge is 2.23. The van der Waals surface area contributed by atoms with E-state index in [1.807, 2.05) is 12.1 Å². The highest BCUT2D eigenvalue weighted by molar-refractivity contribution is 7.09. The molecule has 4 rings (SSSR count). The molecule has 1 atom stereocenters. The van der Waals surface area contributed by atoms with E-state index in [1.165, 1.54) is 4.88 Å². The first-order valence-electron chi connectivity index (χ1n) is 11.8. The van der Waals surface area contributed by atoms with E-state index >= 15 is 0 Å². The molecule has 2 N–H and O–H groups in total. The molecular formula is C27H27Cl2N3O3S. The van der Waals surface area contributed by atoms with Crippen LogP contribution in [0.15, 0.2) is 53.9 Å². The predicted molar refractivity (Wildman–Crippen MR) is 146 cm³/mol. The molecule has 0 saturated heterocycles. The smallest absolute Gasteiger partial charge is 0.326 e. The van der Waals surface area contributed by atoms with Gasteiger partial charge in [-0.3, -0.25) is 4.79 Å². The molecule has 0 aliphatic rings. The monoisotopic (exact) mass is 543 g/mol. The van der Waals surface area contributed by atoms with Gasteiger partial charge in [-0.1, -0.05) is 49.2 Å². The number of carboxylic acids is 1. The van der Waals surface area contributed by atoms with Crippen LogP contribution in [0.4, 0.5) is 0 Å². The predicted octanol–water partition coefficient (Wildman–Crippen LogP) is 6.78. The maximum Gasteiger partial charge on any atom is 0.326 e. The Morgan fingerprint density at radius 2 is 1.86 bits per heavy atom. The van der Waals surface area contributed by atoms with Crippen LogP contribution in [-0.2, 0) is 17.6 Å². The number of fused-ring (bicyclic) bond motifs is 1. The summed E-state index contributed by atoms with van der Waals surface area (Å²) in [5.41, 5.74) is 2.71. The molecule has 188 valence electrons. The Kier molecular flexibility index (Phi) is 8.34. The second kappa shape index (κ2) is 11.5. The Morgan fingerprint density at radius 1 is 1.08 bits per heavy atom. The summed E-state index contributed by atoms with van der Waals surface area (Å²) in [5.74, 6) is -0.644. The zero-order chi connectivity index (χ0) is 25.8. The van der Waals surface area contributed by atoms with Crippen molar-refractivity contribution in [2.24, 2.45) is 0 Å². The van der Waals surface area contributed by atoms with Gasteiger partial charge in [0, 0.05) is 29.3 Å². The van der Waals surface area contributed by atoms with Crippen LogP contribution in [0, 0.1) is 0 Å². The number of benzene rings is 2. The molecule has 0 spiro atoms. The minimum atomic E-state index is -1.13.